The lowest BCUT2D eigenvalue weighted by Gasteiger charge is -2.45. The summed E-state index contributed by atoms with van der Waals surface area (Å²) in [6.07, 6.45) is 3.06. The van der Waals surface area contributed by atoms with Crippen LogP contribution in [0.15, 0.2) is 42.5 Å². The van der Waals surface area contributed by atoms with Gasteiger partial charge in [0.2, 0.25) is 0 Å². The molecule has 1 saturated heterocycles. The maximum absolute atomic E-state index is 9.90. The van der Waals surface area contributed by atoms with Crippen molar-refractivity contribution in [3.63, 3.8) is 0 Å². The monoisotopic (exact) mass is 309 g/mol. The predicted molar refractivity (Wildman–Crippen MR) is 91.2 cm³/mol. The van der Waals surface area contributed by atoms with E-state index < -0.39 is 0 Å². The molecule has 120 valence electrons. The smallest absolute Gasteiger partial charge is 0.124 e. The number of phenolic OH excluding ortho intramolecular Hbond substituents is 1. The van der Waals surface area contributed by atoms with E-state index in [4.69, 9.17) is 4.74 Å². The van der Waals surface area contributed by atoms with Crippen molar-refractivity contribution in [2.45, 2.75) is 37.7 Å². The summed E-state index contributed by atoms with van der Waals surface area (Å²) in [7, 11) is 0. The Balaban J connectivity index is 1.80. The number of fused-ring (bicyclic) bond motifs is 1. The van der Waals surface area contributed by atoms with Gasteiger partial charge in [0.05, 0.1) is 0 Å². The van der Waals surface area contributed by atoms with Gasteiger partial charge in [-0.05, 0) is 68.6 Å². The molecule has 1 spiro atoms. The molecule has 1 fully saturated rings. The van der Waals surface area contributed by atoms with E-state index in [-0.39, 0.29) is 11.5 Å². The second kappa shape index (κ2) is 5.57. The minimum absolute atomic E-state index is 0.0812. The van der Waals surface area contributed by atoms with Gasteiger partial charge in [-0.25, -0.2) is 0 Å². The van der Waals surface area contributed by atoms with Crippen LogP contribution in [0.2, 0.25) is 0 Å². The van der Waals surface area contributed by atoms with Gasteiger partial charge in [-0.1, -0.05) is 24.3 Å². The normalized spacial score (nSPS) is 22.4. The largest absolute Gasteiger partial charge is 0.508 e. The molecule has 2 aromatic rings. The van der Waals surface area contributed by atoms with Gasteiger partial charge in [-0.15, -0.1) is 0 Å². The van der Waals surface area contributed by atoms with Crippen LogP contribution in [0.1, 0.15) is 41.9 Å². The fourth-order valence-electron chi connectivity index (χ4n) is 4.00. The van der Waals surface area contributed by atoms with Gasteiger partial charge in [0, 0.05) is 11.5 Å². The Labute approximate surface area is 137 Å². The number of benzene rings is 2. The number of aryl methyl sites for hydroxylation is 1. The predicted octanol–water partition coefficient (Wildman–Crippen LogP) is 3.74. The molecule has 3 nitrogen and oxygen atoms in total. The van der Waals surface area contributed by atoms with E-state index in [9.17, 15) is 5.11 Å². The van der Waals surface area contributed by atoms with Gasteiger partial charge < -0.3 is 15.2 Å². The molecule has 2 aromatic carbocycles. The molecule has 2 heterocycles. The second-order valence-corrected chi connectivity index (χ2v) is 6.93. The lowest BCUT2D eigenvalue weighted by molar-refractivity contribution is 0.0113. The molecule has 0 radical (unpaired) electrons. The SMILES string of the molecule is Cc1ccc2c(c1)OC1(CCNCC1)CC2c1cccc(O)c1. The van der Waals surface area contributed by atoms with Gasteiger partial charge >= 0.3 is 0 Å². The molecule has 1 atom stereocenters. The average Bonchev–Trinajstić information content (AvgIpc) is 2.54. The van der Waals surface area contributed by atoms with Crippen molar-refractivity contribution in [2.24, 2.45) is 0 Å². The first-order valence-corrected chi connectivity index (χ1v) is 8.44. The van der Waals surface area contributed by atoms with E-state index in [1.165, 1.54) is 16.7 Å². The first kappa shape index (κ1) is 14.6. The van der Waals surface area contributed by atoms with Crippen molar-refractivity contribution >= 4 is 0 Å². The summed E-state index contributed by atoms with van der Waals surface area (Å²) in [5.74, 6) is 1.64. The number of ether oxygens (including phenoxy) is 1. The first-order chi connectivity index (χ1) is 11.2. The molecule has 3 heteroatoms. The molecule has 0 aromatic heterocycles. The zero-order chi connectivity index (χ0) is 15.9. The number of hydrogen-bond donors (Lipinski definition) is 2. The third kappa shape index (κ3) is 2.70. The molecule has 4 rings (SSSR count). The standard InChI is InChI=1S/C20H23NO2/c1-14-5-6-17-18(15-3-2-4-16(22)12-15)13-20(23-19(17)11-14)7-9-21-10-8-20/h2-6,11-12,18,21-22H,7-10,13H2,1H3. The molecule has 0 saturated carbocycles. The Morgan fingerprint density at radius 1 is 1.13 bits per heavy atom. The summed E-state index contributed by atoms with van der Waals surface area (Å²) in [6, 6.07) is 14.2. The fourth-order valence-corrected chi connectivity index (χ4v) is 4.00. The van der Waals surface area contributed by atoms with E-state index in [2.05, 4.69) is 36.5 Å². The highest BCUT2D eigenvalue weighted by Gasteiger charge is 2.42. The molecular weight excluding hydrogens is 286 g/mol. The third-order valence-corrected chi connectivity index (χ3v) is 5.23. The van der Waals surface area contributed by atoms with Crippen LogP contribution in [-0.4, -0.2) is 23.8 Å². The van der Waals surface area contributed by atoms with Crippen LogP contribution in [0.5, 0.6) is 11.5 Å². The van der Waals surface area contributed by atoms with Crippen LogP contribution in [0.4, 0.5) is 0 Å². The highest BCUT2D eigenvalue weighted by Crippen LogP contribution is 2.47. The molecule has 0 aliphatic carbocycles. The van der Waals surface area contributed by atoms with Gasteiger partial charge in [0.15, 0.2) is 0 Å². The third-order valence-electron chi connectivity index (χ3n) is 5.23. The quantitative estimate of drug-likeness (QED) is 0.843. The molecule has 1 unspecified atom stereocenters. The van der Waals surface area contributed by atoms with Crippen molar-refractivity contribution in [2.75, 3.05) is 13.1 Å². The van der Waals surface area contributed by atoms with Crippen molar-refractivity contribution in [1.82, 2.24) is 5.32 Å². The molecule has 0 amide bonds. The van der Waals surface area contributed by atoms with Gasteiger partial charge in [0.25, 0.3) is 0 Å². The molecular formula is C20H23NO2. The van der Waals surface area contributed by atoms with Crippen LogP contribution in [0, 0.1) is 6.92 Å². The summed E-state index contributed by atoms with van der Waals surface area (Å²) < 4.78 is 6.52. The van der Waals surface area contributed by atoms with E-state index in [0.29, 0.717) is 5.75 Å². The Morgan fingerprint density at radius 3 is 2.74 bits per heavy atom. The van der Waals surface area contributed by atoms with Crippen molar-refractivity contribution in [3.05, 3.63) is 59.2 Å². The van der Waals surface area contributed by atoms with Crippen LogP contribution < -0.4 is 10.1 Å². The number of phenols is 1. The minimum atomic E-state index is -0.0812. The number of aromatic hydroxyl groups is 1. The van der Waals surface area contributed by atoms with Crippen molar-refractivity contribution in [3.8, 4) is 11.5 Å². The van der Waals surface area contributed by atoms with E-state index in [1.807, 2.05) is 12.1 Å². The van der Waals surface area contributed by atoms with E-state index >= 15 is 0 Å². The topological polar surface area (TPSA) is 41.5 Å². The van der Waals surface area contributed by atoms with E-state index in [0.717, 1.165) is 38.1 Å². The first-order valence-electron chi connectivity index (χ1n) is 8.44. The number of rotatable bonds is 1. The average molecular weight is 309 g/mol. The summed E-state index contributed by atoms with van der Waals surface area (Å²) in [5, 5.41) is 13.3. The fraction of sp³-hybridized carbons (Fsp3) is 0.400. The second-order valence-electron chi connectivity index (χ2n) is 6.93. The number of piperidine rings is 1. The molecule has 0 bridgehead atoms. The van der Waals surface area contributed by atoms with E-state index in [1.54, 1.807) is 6.07 Å². The Hall–Kier alpha value is -2.00. The van der Waals surface area contributed by atoms with Gasteiger partial charge in [-0.2, -0.15) is 0 Å². The lowest BCUT2D eigenvalue weighted by atomic mass is 9.75. The maximum atomic E-state index is 9.90. The summed E-state index contributed by atoms with van der Waals surface area (Å²) in [6.45, 7) is 4.12. The Kier molecular flexibility index (Phi) is 3.53. The van der Waals surface area contributed by atoms with Crippen LogP contribution in [-0.2, 0) is 0 Å². The zero-order valence-electron chi connectivity index (χ0n) is 13.5. The molecule has 23 heavy (non-hydrogen) atoms. The van der Waals surface area contributed by atoms with Crippen LogP contribution in [0.3, 0.4) is 0 Å². The Morgan fingerprint density at radius 2 is 1.96 bits per heavy atom. The maximum Gasteiger partial charge on any atom is 0.124 e. The zero-order valence-corrected chi connectivity index (χ0v) is 13.5. The molecule has 2 aliphatic heterocycles. The van der Waals surface area contributed by atoms with Crippen molar-refractivity contribution in [1.29, 1.82) is 0 Å². The lowest BCUT2D eigenvalue weighted by Crippen LogP contribution is -2.49. The highest BCUT2D eigenvalue weighted by atomic mass is 16.5. The summed E-state index contributed by atoms with van der Waals surface area (Å²) >= 11 is 0. The Bertz CT molecular complexity index is 719. The number of hydrogen-bond acceptors (Lipinski definition) is 3. The molecule has 2 N–H and O–H groups in total. The van der Waals surface area contributed by atoms with Gasteiger partial charge in [0.1, 0.15) is 17.1 Å². The minimum Gasteiger partial charge on any atom is -0.508 e. The summed E-state index contributed by atoms with van der Waals surface area (Å²) in [5.41, 5.74) is 3.56. The number of nitrogens with one attached hydrogen (secondary N) is 1. The highest BCUT2D eigenvalue weighted by molar-refractivity contribution is 5.48. The van der Waals surface area contributed by atoms with Crippen molar-refractivity contribution < 1.29 is 9.84 Å². The van der Waals surface area contributed by atoms with Crippen LogP contribution in [0.25, 0.3) is 0 Å². The van der Waals surface area contributed by atoms with Gasteiger partial charge in [-0.3, -0.25) is 0 Å². The van der Waals surface area contributed by atoms with Crippen LogP contribution >= 0.6 is 0 Å². The summed E-state index contributed by atoms with van der Waals surface area (Å²) in [4.78, 5) is 0. The molecule has 2 aliphatic rings.